The topological polar surface area (TPSA) is 82.2 Å². The highest BCUT2D eigenvalue weighted by atomic mass is 16.2. The van der Waals surface area contributed by atoms with Gasteiger partial charge in [-0.2, -0.15) is 5.10 Å². The summed E-state index contributed by atoms with van der Waals surface area (Å²) in [5.41, 5.74) is 2.32. The third-order valence-electron chi connectivity index (χ3n) is 5.36. The van der Waals surface area contributed by atoms with Gasteiger partial charge in [0.1, 0.15) is 0 Å². The van der Waals surface area contributed by atoms with Crippen molar-refractivity contribution in [2.24, 2.45) is 5.92 Å². The molecule has 2 aliphatic rings. The molecule has 7 heteroatoms. The number of pyridine rings is 1. The predicted octanol–water partition coefficient (Wildman–Crippen LogP) is 1.95. The Hall–Kier alpha value is -2.70. The number of rotatable bonds is 4. The average Bonchev–Trinajstić information content (AvgIpc) is 3.35. The number of nitrogens with zero attached hydrogens (tertiary/aromatic N) is 4. The summed E-state index contributed by atoms with van der Waals surface area (Å²) in [5.74, 6) is 0.821. The van der Waals surface area contributed by atoms with E-state index in [1.54, 1.807) is 18.6 Å². The van der Waals surface area contributed by atoms with E-state index in [0.717, 1.165) is 56.7 Å². The fourth-order valence-electron chi connectivity index (χ4n) is 3.79. The second-order valence-electron chi connectivity index (χ2n) is 7.10. The van der Waals surface area contributed by atoms with Gasteiger partial charge >= 0.3 is 0 Å². The van der Waals surface area contributed by atoms with E-state index in [9.17, 15) is 9.59 Å². The standard InChI is InChI=1S/C19H23N5O2/c25-18-2-1-7-24(18)13-14-5-8-23(9-6-14)19(26)15-3-4-17(20-10-15)16-11-21-22-12-16/h3-4,10-12,14H,1-2,5-9,13H2,(H,21,22). The molecule has 0 saturated carbocycles. The summed E-state index contributed by atoms with van der Waals surface area (Å²) in [6.45, 7) is 3.23. The quantitative estimate of drug-likeness (QED) is 0.911. The van der Waals surface area contributed by atoms with Crippen molar-refractivity contribution in [1.29, 1.82) is 0 Å². The molecule has 2 fully saturated rings. The first kappa shape index (κ1) is 16.8. The van der Waals surface area contributed by atoms with Crippen LogP contribution in [0, 0.1) is 5.92 Å². The van der Waals surface area contributed by atoms with E-state index in [1.807, 2.05) is 21.9 Å². The van der Waals surface area contributed by atoms with Gasteiger partial charge < -0.3 is 9.80 Å². The predicted molar refractivity (Wildman–Crippen MR) is 96.3 cm³/mol. The van der Waals surface area contributed by atoms with Crippen LogP contribution in [0.4, 0.5) is 0 Å². The lowest BCUT2D eigenvalue weighted by Gasteiger charge is -2.33. The highest BCUT2D eigenvalue weighted by Crippen LogP contribution is 2.23. The van der Waals surface area contributed by atoms with Gasteiger partial charge in [-0.05, 0) is 37.3 Å². The zero-order valence-electron chi connectivity index (χ0n) is 14.7. The number of aromatic amines is 1. The van der Waals surface area contributed by atoms with Crippen LogP contribution in [0.15, 0.2) is 30.7 Å². The van der Waals surface area contributed by atoms with Gasteiger partial charge in [0.25, 0.3) is 5.91 Å². The first-order chi connectivity index (χ1) is 12.7. The van der Waals surface area contributed by atoms with E-state index in [0.29, 0.717) is 17.9 Å². The Morgan fingerprint density at radius 1 is 1.19 bits per heavy atom. The lowest BCUT2D eigenvalue weighted by Crippen LogP contribution is -2.41. The first-order valence-electron chi connectivity index (χ1n) is 9.23. The van der Waals surface area contributed by atoms with Gasteiger partial charge in [-0.1, -0.05) is 0 Å². The van der Waals surface area contributed by atoms with Crippen LogP contribution in [0.3, 0.4) is 0 Å². The lowest BCUT2D eigenvalue weighted by atomic mass is 9.96. The largest absolute Gasteiger partial charge is 0.342 e. The van der Waals surface area contributed by atoms with Gasteiger partial charge in [0.15, 0.2) is 0 Å². The van der Waals surface area contributed by atoms with Crippen molar-refractivity contribution in [3.63, 3.8) is 0 Å². The first-order valence-corrected chi connectivity index (χ1v) is 9.23. The molecular formula is C19H23N5O2. The number of amides is 2. The van der Waals surface area contributed by atoms with Crippen molar-refractivity contribution < 1.29 is 9.59 Å². The third-order valence-corrected chi connectivity index (χ3v) is 5.36. The molecule has 0 spiro atoms. The van der Waals surface area contributed by atoms with Crippen LogP contribution in [0.2, 0.25) is 0 Å². The van der Waals surface area contributed by atoms with Crippen LogP contribution >= 0.6 is 0 Å². The van der Waals surface area contributed by atoms with Crippen molar-refractivity contribution in [3.8, 4) is 11.3 Å². The molecule has 4 rings (SSSR count). The van der Waals surface area contributed by atoms with Crippen LogP contribution < -0.4 is 0 Å². The van der Waals surface area contributed by atoms with Crippen molar-refractivity contribution in [1.82, 2.24) is 25.0 Å². The van der Waals surface area contributed by atoms with Crippen LogP contribution in [0.5, 0.6) is 0 Å². The number of aromatic nitrogens is 3. The van der Waals surface area contributed by atoms with Crippen molar-refractivity contribution >= 4 is 11.8 Å². The number of likely N-dealkylation sites (tertiary alicyclic amines) is 2. The average molecular weight is 353 g/mol. The van der Waals surface area contributed by atoms with Crippen LogP contribution in [-0.2, 0) is 4.79 Å². The van der Waals surface area contributed by atoms with Crippen LogP contribution in [-0.4, -0.2) is 63.0 Å². The molecule has 2 saturated heterocycles. The van der Waals surface area contributed by atoms with E-state index in [1.165, 1.54) is 0 Å². The Kier molecular flexibility index (Phi) is 4.69. The summed E-state index contributed by atoms with van der Waals surface area (Å²) in [6.07, 6.45) is 8.71. The molecule has 0 atom stereocenters. The molecule has 7 nitrogen and oxygen atoms in total. The normalized spacial score (nSPS) is 18.5. The number of hydrogen-bond donors (Lipinski definition) is 1. The SMILES string of the molecule is O=C1CCCN1CC1CCN(C(=O)c2ccc(-c3cn[nH]c3)nc2)CC1. The van der Waals surface area contributed by atoms with E-state index in [4.69, 9.17) is 0 Å². The molecule has 4 heterocycles. The van der Waals surface area contributed by atoms with Gasteiger partial charge in [0.05, 0.1) is 17.5 Å². The zero-order valence-corrected chi connectivity index (χ0v) is 14.7. The molecule has 0 unspecified atom stereocenters. The Morgan fingerprint density at radius 3 is 2.65 bits per heavy atom. The third kappa shape index (κ3) is 3.47. The summed E-state index contributed by atoms with van der Waals surface area (Å²) in [4.78, 5) is 32.7. The van der Waals surface area contributed by atoms with Gasteiger partial charge in [-0.3, -0.25) is 19.7 Å². The van der Waals surface area contributed by atoms with Crippen LogP contribution in [0.1, 0.15) is 36.0 Å². The molecule has 2 aromatic rings. The molecule has 0 aromatic carbocycles. The smallest absolute Gasteiger partial charge is 0.255 e. The minimum Gasteiger partial charge on any atom is -0.342 e. The Bertz CT molecular complexity index is 764. The van der Waals surface area contributed by atoms with E-state index >= 15 is 0 Å². The second kappa shape index (κ2) is 7.27. The summed E-state index contributed by atoms with van der Waals surface area (Å²) in [5, 5.41) is 6.67. The van der Waals surface area contributed by atoms with Crippen LogP contribution in [0.25, 0.3) is 11.3 Å². The number of piperidine rings is 1. The molecule has 2 amide bonds. The number of nitrogens with one attached hydrogen (secondary N) is 1. The van der Waals surface area contributed by atoms with Crippen molar-refractivity contribution in [3.05, 3.63) is 36.3 Å². The van der Waals surface area contributed by atoms with Gasteiger partial charge in [-0.15, -0.1) is 0 Å². The zero-order chi connectivity index (χ0) is 17.9. The Balaban J connectivity index is 1.32. The summed E-state index contributed by atoms with van der Waals surface area (Å²) in [6, 6.07) is 3.68. The maximum atomic E-state index is 12.7. The fourth-order valence-corrected chi connectivity index (χ4v) is 3.79. The molecule has 0 radical (unpaired) electrons. The highest BCUT2D eigenvalue weighted by molar-refractivity contribution is 5.94. The maximum absolute atomic E-state index is 12.7. The van der Waals surface area contributed by atoms with Gasteiger partial charge in [0, 0.05) is 50.6 Å². The molecular weight excluding hydrogens is 330 g/mol. The molecule has 0 aliphatic carbocycles. The molecule has 136 valence electrons. The fraction of sp³-hybridized carbons (Fsp3) is 0.474. The lowest BCUT2D eigenvalue weighted by molar-refractivity contribution is -0.128. The van der Waals surface area contributed by atoms with Crippen molar-refractivity contribution in [2.45, 2.75) is 25.7 Å². The van der Waals surface area contributed by atoms with E-state index in [-0.39, 0.29) is 11.8 Å². The Morgan fingerprint density at radius 2 is 2.04 bits per heavy atom. The summed E-state index contributed by atoms with van der Waals surface area (Å²) >= 11 is 0. The van der Waals surface area contributed by atoms with E-state index in [2.05, 4.69) is 15.2 Å². The number of H-pyrrole nitrogens is 1. The molecule has 1 N–H and O–H groups in total. The second-order valence-corrected chi connectivity index (χ2v) is 7.10. The summed E-state index contributed by atoms with van der Waals surface area (Å²) in [7, 11) is 0. The van der Waals surface area contributed by atoms with Gasteiger partial charge in [-0.25, -0.2) is 0 Å². The number of hydrogen-bond acceptors (Lipinski definition) is 4. The molecule has 26 heavy (non-hydrogen) atoms. The van der Waals surface area contributed by atoms with Gasteiger partial charge in [0.2, 0.25) is 5.91 Å². The highest BCUT2D eigenvalue weighted by Gasteiger charge is 2.28. The van der Waals surface area contributed by atoms with Crippen molar-refractivity contribution in [2.75, 3.05) is 26.2 Å². The van der Waals surface area contributed by atoms with E-state index < -0.39 is 0 Å². The molecule has 2 aliphatic heterocycles. The Labute approximate surface area is 152 Å². The number of carbonyl (C=O) groups excluding carboxylic acids is 2. The monoisotopic (exact) mass is 353 g/mol. The minimum atomic E-state index is 0.0342. The summed E-state index contributed by atoms with van der Waals surface area (Å²) < 4.78 is 0. The minimum absolute atomic E-state index is 0.0342. The number of carbonyl (C=O) groups is 2. The molecule has 2 aromatic heterocycles. The maximum Gasteiger partial charge on any atom is 0.255 e. The molecule has 0 bridgehead atoms.